The van der Waals surface area contributed by atoms with E-state index in [-0.39, 0.29) is 11.4 Å². The Morgan fingerprint density at radius 3 is 2.52 bits per heavy atom. The molecular formula is C19H19ClFN5O. The molecule has 1 aromatic heterocycles. The van der Waals surface area contributed by atoms with Crippen LogP contribution in [0.3, 0.4) is 0 Å². The van der Waals surface area contributed by atoms with E-state index in [1.807, 2.05) is 12.1 Å². The van der Waals surface area contributed by atoms with Crippen molar-refractivity contribution < 1.29 is 4.39 Å². The van der Waals surface area contributed by atoms with Crippen molar-refractivity contribution in [2.75, 3.05) is 26.2 Å². The molecule has 0 N–H and O–H groups in total. The lowest BCUT2D eigenvalue weighted by atomic mass is 10.2. The van der Waals surface area contributed by atoms with Gasteiger partial charge in [0.15, 0.2) is 0 Å². The first kappa shape index (κ1) is 18.0. The molecule has 0 unspecified atom stereocenters. The van der Waals surface area contributed by atoms with Crippen molar-refractivity contribution >= 4 is 22.5 Å². The van der Waals surface area contributed by atoms with Gasteiger partial charge in [0.1, 0.15) is 11.3 Å². The molecule has 8 heteroatoms. The number of hydrogen-bond donors (Lipinski definition) is 0. The van der Waals surface area contributed by atoms with Gasteiger partial charge in [-0.25, -0.2) is 4.39 Å². The molecule has 2 aromatic carbocycles. The van der Waals surface area contributed by atoms with Gasteiger partial charge in [-0.2, -0.15) is 4.68 Å². The third kappa shape index (κ3) is 3.85. The van der Waals surface area contributed by atoms with Gasteiger partial charge in [-0.05, 0) is 24.3 Å². The number of halogens is 2. The van der Waals surface area contributed by atoms with Gasteiger partial charge in [-0.15, -0.1) is 5.10 Å². The van der Waals surface area contributed by atoms with Crippen molar-refractivity contribution in [3.63, 3.8) is 0 Å². The van der Waals surface area contributed by atoms with Crippen LogP contribution >= 0.6 is 11.6 Å². The summed E-state index contributed by atoms with van der Waals surface area (Å²) in [6.45, 7) is 3.92. The maximum absolute atomic E-state index is 14.0. The zero-order chi connectivity index (χ0) is 18.8. The number of aromatic nitrogens is 3. The number of piperazine rings is 1. The lowest BCUT2D eigenvalue weighted by Crippen LogP contribution is -2.47. The number of rotatable bonds is 4. The largest absolute Gasteiger partial charge is 0.296 e. The Kier molecular flexibility index (Phi) is 5.15. The molecule has 1 saturated heterocycles. The van der Waals surface area contributed by atoms with Gasteiger partial charge in [-0.3, -0.25) is 14.6 Å². The van der Waals surface area contributed by atoms with E-state index in [9.17, 15) is 9.18 Å². The zero-order valence-corrected chi connectivity index (χ0v) is 15.4. The summed E-state index contributed by atoms with van der Waals surface area (Å²) >= 11 is 6.12. The standard InChI is InChI=1S/C19H19ClFN5O/c20-16-5-3-6-17(21)15(16)12-24-8-10-25(11-9-24)13-26-19(27)14-4-1-2-7-18(14)22-23-26/h1-7H,8-13H2. The van der Waals surface area contributed by atoms with Crippen LogP contribution in [0.5, 0.6) is 0 Å². The van der Waals surface area contributed by atoms with Gasteiger partial charge in [0.25, 0.3) is 5.56 Å². The average molecular weight is 388 g/mol. The summed E-state index contributed by atoms with van der Waals surface area (Å²) in [4.78, 5) is 16.9. The molecule has 3 aromatic rings. The van der Waals surface area contributed by atoms with Gasteiger partial charge in [0.05, 0.1) is 12.1 Å². The lowest BCUT2D eigenvalue weighted by molar-refractivity contribution is 0.0954. The number of fused-ring (bicyclic) bond motifs is 1. The Morgan fingerprint density at radius 2 is 1.74 bits per heavy atom. The number of nitrogens with zero attached hydrogens (tertiary/aromatic N) is 5. The van der Waals surface area contributed by atoms with Crippen molar-refractivity contribution in [1.82, 2.24) is 24.8 Å². The molecule has 0 saturated carbocycles. The third-order valence-corrected chi connectivity index (χ3v) is 5.23. The second kappa shape index (κ2) is 7.72. The molecule has 6 nitrogen and oxygen atoms in total. The Hall–Kier alpha value is -2.35. The summed E-state index contributed by atoms with van der Waals surface area (Å²) < 4.78 is 15.4. The van der Waals surface area contributed by atoms with Crippen LogP contribution in [0.25, 0.3) is 10.9 Å². The Labute approximate surface area is 160 Å². The fourth-order valence-electron chi connectivity index (χ4n) is 3.30. The fourth-order valence-corrected chi connectivity index (χ4v) is 3.52. The van der Waals surface area contributed by atoms with E-state index in [0.29, 0.717) is 34.7 Å². The molecule has 4 rings (SSSR count). The number of hydrogen-bond acceptors (Lipinski definition) is 5. The highest BCUT2D eigenvalue weighted by Gasteiger charge is 2.20. The highest BCUT2D eigenvalue weighted by molar-refractivity contribution is 6.31. The molecule has 1 aliphatic heterocycles. The van der Waals surface area contributed by atoms with E-state index in [1.54, 1.807) is 24.3 Å². The van der Waals surface area contributed by atoms with Gasteiger partial charge in [0.2, 0.25) is 0 Å². The highest BCUT2D eigenvalue weighted by Crippen LogP contribution is 2.21. The van der Waals surface area contributed by atoms with E-state index >= 15 is 0 Å². The van der Waals surface area contributed by atoms with Crippen molar-refractivity contribution in [1.29, 1.82) is 0 Å². The molecule has 0 aliphatic carbocycles. The highest BCUT2D eigenvalue weighted by atomic mass is 35.5. The molecule has 2 heterocycles. The molecule has 1 fully saturated rings. The lowest BCUT2D eigenvalue weighted by Gasteiger charge is -2.34. The smallest absolute Gasteiger partial charge is 0.278 e. The molecule has 1 aliphatic rings. The predicted octanol–water partition coefficient (Wildman–Crippen LogP) is 2.36. The minimum atomic E-state index is -0.275. The van der Waals surface area contributed by atoms with Gasteiger partial charge >= 0.3 is 0 Å². The van der Waals surface area contributed by atoms with Crippen LogP contribution < -0.4 is 5.56 Å². The average Bonchev–Trinajstić information content (AvgIpc) is 2.68. The molecule has 0 amide bonds. The van der Waals surface area contributed by atoms with Crippen LogP contribution in [0, 0.1) is 5.82 Å². The van der Waals surface area contributed by atoms with E-state index in [2.05, 4.69) is 20.1 Å². The van der Waals surface area contributed by atoms with Gasteiger partial charge in [0, 0.05) is 43.3 Å². The van der Waals surface area contributed by atoms with Gasteiger partial charge in [-0.1, -0.05) is 35.0 Å². The first-order valence-electron chi connectivity index (χ1n) is 8.82. The second-order valence-electron chi connectivity index (χ2n) is 6.65. The minimum absolute atomic E-state index is 0.138. The number of benzene rings is 2. The quantitative estimate of drug-likeness (QED) is 0.688. The van der Waals surface area contributed by atoms with Crippen molar-refractivity contribution in [2.45, 2.75) is 13.2 Å². The Morgan fingerprint density at radius 1 is 1.00 bits per heavy atom. The molecule has 0 radical (unpaired) electrons. The molecular weight excluding hydrogens is 369 g/mol. The second-order valence-corrected chi connectivity index (χ2v) is 7.05. The van der Waals surface area contributed by atoms with Crippen molar-refractivity contribution in [3.8, 4) is 0 Å². The summed E-state index contributed by atoms with van der Waals surface area (Å²) in [5, 5.41) is 9.18. The summed E-state index contributed by atoms with van der Waals surface area (Å²) in [5.41, 5.74) is 0.996. The van der Waals surface area contributed by atoms with E-state index < -0.39 is 0 Å². The summed E-state index contributed by atoms with van der Waals surface area (Å²) in [6.07, 6.45) is 0. The van der Waals surface area contributed by atoms with Crippen molar-refractivity contribution in [2.24, 2.45) is 0 Å². The minimum Gasteiger partial charge on any atom is -0.296 e. The van der Waals surface area contributed by atoms with Crippen LogP contribution in [0.4, 0.5) is 4.39 Å². The van der Waals surface area contributed by atoms with Crippen LogP contribution in [0.1, 0.15) is 5.56 Å². The van der Waals surface area contributed by atoms with Crippen molar-refractivity contribution in [3.05, 3.63) is 69.2 Å². The molecule has 0 bridgehead atoms. The SMILES string of the molecule is O=c1c2ccccc2nnn1CN1CCN(Cc2c(F)cccc2Cl)CC1. The topological polar surface area (TPSA) is 54.3 Å². The predicted molar refractivity (Wildman–Crippen MR) is 102 cm³/mol. The summed E-state index contributed by atoms with van der Waals surface area (Å²) in [7, 11) is 0. The van der Waals surface area contributed by atoms with Crippen LogP contribution in [0.15, 0.2) is 47.3 Å². The monoisotopic (exact) mass is 387 g/mol. The van der Waals surface area contributed by atoms with Crippen LogP contribution in [-0.2, 0) is 13.2 Å². The molecule has 27 heavy (non-hydrogen) atoms. The maximum Gasteiger partial charge on any atom is 0.278 e. The zero-order valence-electron chi connectivity index (χ0n) is 14.7. The summed E-state index contributed by atoms with van der Waals surface area (Å²) in [5.74, 6) is -0.275. The molecule has 0 spiro atoms. The normalized spacial score (nSPS) is 16.1. The first-order valence-corrected chi connectivity index (χ1v) is 9.20. The molecule has 140 valence electrons. The first-order chi connectivity index (χ1) is 13.1. The van der Waals surface area contributed by atoms with E-state index in [4.69, 9.17) is 11.6 Å². The van der Waals surface area contributed by atoms with Gasteiger partial charge < -0.3 is 0 Å². The molecule has 0 atom stereocenters. The van der Waals surface area contributed by atoms with Crippen LogP contribution in [0.2, 0.25) is 5.02 Å². The fraction of sp³-hybridized carbons (Fsp3) is 0.316. The van der Waals surface area contributed by atoms with E-state index in [1.165, 1.54) is 10.7 Å². The maximum atomic E-state index is 14.0. The Bertz CT molecular complexity index is 996. The Balaban J connectivity index is 1.40. The summed E-state index contributed by atoms with van der Waals surface area (Å²) in [6, 6.07) is 12.0. The third-order valence-electron chi connectivity index (χ3n) is 4.87. The van der Waals surface area contributed by atoms with Crippen LogP contribution in [-0.4, -0.2) is 51.0 Å². The van der Waals surface area contributed by atoms with E-state index in [0.717, 1.165) is 26.2 Å².